The number of nitrogens with zero attached hydrogens (tertiary/aromatic N) is 2. The van der Waals surface area contributed by atoms with E-state index >= 15 is 0 Å². The third-order valence-corrected chi connectivity index (χ3v) is 5.82. The maximum Gasteiger partial charge on any atom is 0.0901 e. The molecule has 3 aromatic rings. The van der Waals surface area contributed by atoms with Crippen LogP contribution in [0.5, 0.6) is 0 Å². The average molecular weight is 377 g/mol. The van der Waals surface area contributed by atoms with E-state index in [2.05, 4.69) is 67.3 Å². The number of aliphatic hydroxyl groups is 2. The molecule has 0 bridgehead atoms. The molecule has 0 aliphatic carbocycles. The Morgan fingerprint density at radius 1 is 1.00 bits per heavy atom. The Balaban J connectivity index is 1.71. The normalized spacial score (nSPS) is 17.1. The van der Waals surface area contributed by atoms with Crippen LogP contribution in [0.2, 0.25) is 0 Å². The Morgan fingerprint density at radius 3 is 2.46 bits per heavy atom. The summed E-state index contributed by atoms with van der Waals surface area (Å²) in [5.74, 6) is 0. The van der Waals surface area contributed by atoms with Gasteiger partial charge in [-0.05, 0) is 56.0 Å². The van der Waals surface area contributed by atoms with Crippen molar-refractivity contribution >= 4 is 10.9 Å². The SMILES string of the molecule is Cc1cccc(-c2nc3cc(C)ccc3cc2CN2CCC(O)(CO)CC2)c1. The molecule has 1 aliphatic rings. The second-order valence-corrected chi connectivity index (χ2v) is 8.22. The highest BCUT2D eigenvalue weighted by Gasteiger charge is 2.31. The molecule has 2 heterocycles. The zero-order valence-corrected chi connectivity index (χ0v) is 16.7. The third-order valence-electron chi connectivity index (χ3n) is 5.82. The number of fused-ring (bicyclic) bond motifs is 1. The Hall–Kier alpha value is -2.27. The molecular weight excluding hydrogens is 348 g/mol. The molecule has 28 heavy (non-hydrogen) atoms. The summed E-state index contributed by atoms with van der Waals surface area (Å²) in [5, 5.41) is 20.9. The van der Waals surface area contributed by atoms with Crippen molar-refractivity contribution in [3.8, 4) is 11.3 Å². The van der Waals surface area contributed by atoms with Gasteiger partial charge in [0.1, 0.15) is 0 Å². The van der Waals surface area contributed by atoms with Crippen molar-refractivity contribution < 1.29 is 10.2 Å². The van der Waals surface area contributed by atoms with Crippen LogP contribution in [0.1, 0.15) is 29.5 Å². The van der Waals surface area contributed by atoms with Gasteiger partial charge in [-0.25, -0.2) is 4.98 Å². The highest BCUT2D eigenvalue weighted by Crippen LogP contribution is 2.30. The predicted molar refractivity (Wildman–Crippen MR) is 113 cm³/mol. The summed E-state index contributed by atoms with van der Waals surface area (Å²) in [6.07, 6.45) is 1.20. The van der Waals surface area contributed by atoms with Gasteiger partial charge in [0, 0.05) is 30.6 Å². The number of pyridine rings is 1. The van der Waals surface area contributed by atoms with Crippen LogP contribution in [-0.2, 0) is 6.54 Å². The van der Waals surface area contributed by atoms with E-state index in [4.69, 9.17) is 4.98 Å². The lowest BCUT2D eigenvalue weighted by molar-refractivity contribution is -0.0606. The highest BCUT2D eigenvalue weighted by atomic mass is 16.3. The van der Waals surface area contributed by atoms with Gasteiger partial charge in [-0.3, -0.25) is 4.90 Å². The molecule has 1 saturated heterocycles. The Labute approximate surface area is 166 Å². The van der Waals surface area contributed by atoms with Crippen LogP contribution in [0.25, 0.3) is 22.2 Å². The van der Waals surface area contributed by atoms with E-state index in [0.29, 0.717) is 12.8 Å². The summed E-state index contributed by atoms with van der Waals surface area (Å²) in [5.41, 5.74) is 5.91. The van der Waals surface area contributed by atoms with Crippen molar-refractivity contribution in [3.05, 3.63) is 65.2 Å². The molecule has 0 unspecified atom stereocenters. The quantitative estimate of drug-likeness (QED) is 0.726. The van der Waals surface area contributed by atoms with Gasteiger partial charge in [0.25, 0.3) is 0 Å². The smallest absolute Gasteiger partial charge is 0.0901 e. The maximum atomic E-state index is 10.3. The molecule has 0 spiro atoms. The van der Waals surface area contributed by atoms with Crippen LogP contribution in [0, 0.1) is 13.8 Å². The molecule has 0 saturated carbocycles. The number of aliphatic hydroxyl groups excluding tert-OH is 1. The molecule has 1 aliphatic heterocycles. The summed E-state index contributed by atoms with van der Waals surface area (Å²) in [4.78, 5) is 7.39. The van der Waals surface area contributed by atoms with E-state index in [1.165, 1.54) is 16.7 Å². The zero-order chi connectivity index (χ0) is 19.7. The number of rotatable bonds is 4. The largest absolute Gasteiger partial charge is 0.393 e. The molecule has 0 atom stereocenters. The van der Waals surface area contributed by atoms with Gasteiger partial charge in [-0.15, -0.1) is 0 Å². The van der Waals surface area contributed by atoms with Crippen LogP contribution in [0.4, 0.5) is 0 Å². The van der Waals surface area contributed by atoms with Gasteiger partial charge in [-0.2, -0.15) is 0 Å². The fraction of sp³-hybridized carbons (Fsp3) is 0.375. The standard InChI is InChI=1S/C24H28N2O2/c1-17-4-3-5-20(12-17)23-21(14-19-7-6-18(2)13-22(19)25-23)15-26-10-8-24(28,16-27)9-11-26/h3-7,12-14,27-28H,8-11,15-16H2,1-2H3. The first kappa shape index (κ1) is 19.1. The highest BCUT2D eigenvalue weighted by molar-refractivity contribution is 5.84. The number of hydrogen-bond acceptors (Lipinski definition) is 4. The first-order valence-corrected chi connectivity index (χ1v) is 9.99. The van der Waals surface area contributed by atoms with E-state index in [9.17, 15) is 10.2 Å². The molecular formula is C24H28N2O2. The number of hydrogen-bond donors (Lipinski definition) is 2. The molecule has 0 amide bonds. The Kier molecular flexibility index (Phi) is 5.19. The first-order chi connectivity index (χ1) is 13.5. The summed E-state index contributed by atoms with van der Waals surface area (Å²) >= 11 is 0. The number of benzene rings is 2. The van der Waals surface area contributed by atoms with Crippen molar-refractivity contribution in [1.29, 1.82) is 0 Å². The van der Waals surface area contributed by atoms with Crippen molar-refractivity contribution in [2.24, 2.45) is 0 Å². The van der Waals surface area contributed by atoms with E-state index in [1.807, 2.05) is 0 Å². The lowest BCUT2D eigenvalue weighted by atomic mass is 9.92. The zero-order valence-electron chi connectivity index (χ0n) is 16.7. The fourth-order valence-electron chi connectivity index (χ4n) is 4.01. The molecule has 4 heteroatoms. The second-order valence-electron chi connectivity index (χ2n) is 8.22. The molecule has 1 aromatic heterocycles. The van der Waals surface area contributed by atoms with E-state index in [0.717, 1.165) is 41.8 Å². The summed E-state index contributed by atoms with van der Waals surface area (Å²) < 4.78 is 0. The van der Waals surface area contributed by atoms with Crippen molar-refractivity contribution in [2.75, 3.05) is 19.7 Å². The number of piperidine rings is 1. The molecule has 2 aromatic carbocycles. The third kappa shape index (κ3) is 3.95. The van der Waals surface area contributed by atoms with Gasteiger partial charge < -0.3 is 10.2 Å². The predicted octanol–water partition coefficient (Wildman–Crippen LogP) is 3.84. The summed E-state index contributed by atoms with van der Waals surface area (Å²) in [6.45, 7) is 6.38. The summed E-state index contributed by atoms with van der Waals surface area (Å²) in [6, 6.07) is 17.2. The van der Waals surface area contributed by atoms with Gasteiger partial charge in [0.15, 0.2) is 0 Å². The first-order valence-electron chi connectivity index (χ1n) is 9.99. The maximum absolute atomic E-state index is 10.3. The van der Waals surface area contributed by atoms with Crippen molar-refractivity contribution in [2.45, 2.75) is 38.8 Å². The van der Waals surface area contributed by atoms with Crippen molar-refractivity contribution in [1.82, 2.24) is 9.88 Å². The van der Waals surface area contributed by atoms with Crippen LogP contribution in [0.3, 0.4) is 0 Å². The molecule has 1 fully saturated rings. The second kappa shape index (κ2) is 7.63. The van der Waals surface area contributed by atoms with Crippen LogP contribution >= 0.6 is 0 Å². The van der Waals surface area contributed by atoms with Crippen LogP contribution < -0.4 is 0 Å². The molecule has 0 radical (unpaired) electrons. The fourth-order valence-corrected chi connectivity index (χ4v) is 4.01. The Morgan fingerprint density at radius 2 is 1.75 bits per heavy atom. The number of likely N-dealkylation sites (tertiary alicyclic amines) is 1. The molecule has 2 N–H and O–H groups in total. The molecule has 146 valence electrons. The lowest BCUT2D eigenvalue weighted by Gasteiger charge is -2.37. The van der Waals surface area contributed by atoms with E-state index in [1.54, 1.807) is 0 Å². The summed E-state index contributed by atoms with van der Waals surface area (Å²) in [7, 11) is 0. The van der Waals surface area contributed by atoms with Crippen molar-refractivity contribution in [3.63, 3.8) is 0 Å². The minimum absolute atomic E-state index is 0.160. The van der Waals surface area contributed by atoms with Gasteiger partial charge in [-0.1, -0.05) is 35.9 Å². The monoisotopic (exact) mass is 376 g/mol. The molecule has 4 rings (SSSR count). The van der Waals surface area contributed by atoms with E-state index in [-0.39, 0.29) is 6.61 Å². The van der Waals surface area contributed by atoms with Crippen LogP contribution in [-0.4, -0.2) is 45.4 Å². The number of aromatic nitrogens is 1. The van der Waals surface area contributed by atoms with E-state index < -0.39 is 5.60 Å². The Bertz CT molecular complexity index is 991. The minimum atomic E-state index is -0.922. The average Bonchev–Trinajstić information content (AvgIpc) is 2.69. The minimum Gasteiger partial charge on any atom is -0.393 e. The van der Waals surface area contributed by atoms with Gasteiger partial charge >= 0.3 is 0 Å². The number of aryl methyl sites for hydroxylation is 2. The van der Waals surface area contributed by atoms with Gasteiger partial charge in [0.05, 0.1) is 23.4 Å². The molecule has 4 nitrogen and oxygen atoms in total. The van der Waals surface area contributed by atoms with Crippen LogP contribution in [0.15, 0.2) is 48.5 Å². The lowest BCUT2D eigenvalue weighted by Crippen LogP contribution is -2.46. The topological polar surface area (TPSA) is 56.6 Å². The van der Waals surface area contributed by atoms with Gasteiger partial charge in [0.2, 0.25) is 0 Å².